The van der Waals surface area contributed by atoms with Crippen molar-refractivity contribution in [3.05, 3.63) is 62.6 Å². The summed E-state index contributed by atoms with van der Waals surface area (Å²) in [5, 5.41) is 14.9. The first-order chi connectivity index (χ1) is 15.8. The van der Waals surface area contributed by atoms with E-state index in [1.807, 2.05) is 11.8 Å². The summed E-state index contributed by atoms with van der Waals surface area (Å²) in [6.07, 6.45) is 1.84. The van der Waals surface area contributed by atoms with Crippen molar-refractivity contribution >= 4 is 52.1 Å². The van der Waals surface area contributed by atoms with Gasteiger partial charge in [-0.1, -0.05) is 42.3 Å². The van der Waals surface area contributed by atoms with Gasteiger partial charge in [-0.05, 0) is 43.5 Å². The van der Waals surface area contributed by atoms with Crippen molar-refractivity contribution in [1.29, 1.82) is 0 Å². The molecule has 8 nitrogen and oxygen atoms in total. The number of para-hydroxylation sites is 2. The summed E-state index contributed by atoms with van der Waals surface area (Å²) in [7, 11) is 0. The van der Waals surface area contributed by atoms with E-state index in [2.05, 4.69) is 5.32 Å². The van der Waals surface area contributed by atoms with Crippen molar-refractivity contribution < 1.29 is 14.5 Å². The molecule has 1 aliphatic heterocycles. The zero-order chi connectivity index (χ0) is 24.0. The lowest BCUT2D eigenvalue weighted by Gasteiger charge is -2.35. The summed E-state index contributed by atoms with van der Waals surface area (Å²) < 4.78 is 0. The molecule has 1 fully saturated rings. The van der Waals surface area contributed by atoms with E-state index in [9.17, 15) is 19.7 Å². The minimum absolute atomic E-state index is 0.0613. The van der Waals surface area contributed by atoms with E-state index in [0.717, 1.165) is 0 Å². The predicted molar refractivity (Wildman–Crippen MR) is 130 cm³/mol. The Labute approximate surface area is 202 Å². The van der Waals surface area contributed by atoms with E-state index in [-0.39, 0.29) is 34.9 Å². The van der Waals surface area contributed by atoms with Crippen molar-refractivity contribution in [3.63, 3.8) is 0 Å². The Morgan fingerprint density at radius 2 is 1.88 bits per heavy atom. The maximum Gasteiger partial charge on any atom is 0.292 e. The number of hydrogen-bond donors (Lipinski definition) is 1. The molecule has 0 aliphatic carbocycles. The number of halogens is 2. The van der Waals surface area contributed by atoms with E-state index in [0.29, 0.717) is 60.3 Å². The maximum atomic E-state index is 13.2. The average molecular weight is 493 g/mol. The fourth-order valence-corrected chi connectivity index (χ4v) is 4.34. The van der Waals surface area contributed by atoms with Gasteiger partial charge in [0.05, 0.1) is 22.2 Å². The number of rotatable bonds is 8. The Hall–Kier alpha value is -2.84. The number of nitro groups is 1. The molecule has 0 radical (unpaired) electrons. The molecule has 176 valence electrons. The van der Waals surface area contributed by atoms with Crippen LogP contribution in [0, 0.1) is 16.0 Å². The molecule has 2 amide bonds. The SMILES string of the molecule is CCCN(CC(=O)Nc1cc(Cl)ccc1Cl)C(=O)C1CCN(c2ccccc2[N+](=O)[O-])CC1. The summed E-state index contributed by atoms with van der Waals surface area (Å²) >= 11 is 12.1. The summed E-state index contributed by atoms with van der Waals surface area (Å²) in [6, 6.07) is 11.4. The van der Waals surface area contributed by atoms with Gasteiger partial charge in [-0.15, -0.1) is 0 Å². The third kappa shape index (κ3) is 6.36. The van der Waals surface area contributed by atoms with Crippen LogP contribution in [-0.2, 0) is 9.59 Å². The van der Waals surface area contributed by atoms with E-state index in [4.69, 9.17) is 23.2 Å². The van der Waals surface area contributed by atoms with Crippen molar-refractivity contribution in [3.8, 4) is 0 Å². The average Bonchev–Trinajstić information content (AvgIpc) is 2.81. The largest absolute Gasteiger partial charge is 0.366 e. The minimum Gasteiger partial charge on any atom is -0.366 e. The number of carbonyl (C=O) groups excluding carboxylic acids is 2. The van der Waals surface area contributed by atoms with Crippen LogP contribution in [0.25, 0.3) is 0 Å². The zero-order valence-electron chi connectivity index (χ0n) is 18.3. The smallest absolute Gasteiger partial charge is 0.292 e. The van der Waals surface area contributed by atoms with Crippen LogP contribution < -0.4 is 10.2 Å². The lowest BCUT2D eigenvalue weighted by atomic mass is 9.94. The van der Waals surface area contributed by atoms with Gasteiger partial charge in [-0.3, -0.25) is 19.7 Å². The van der Waals surface area contributed by atoms with E-state index in [1.54, 1.807) is 41.3 Å². The number of benzene rings is 2. The van der Waals surface area contributed by atoms with Crippen molar-refractivity contribution in [2.24, 2.45) is 5.92 Å². The van der Waals surface area contributed by atoms with Crippen molar-refractivity contribution in [1.82, 2.24) is 4.90 Å². The molecule has 0 spiro atoms. The molecule has 0 atom stereocenters. The molecule has 0 unspecified atom stereocenters. The van der Waals surface area contributed by atoms with Crippen LogP contribution in [0.1, 0.15) is 26.2 Å². The Morgan fingerprint density at radius 1 is 1.18 bits per heavy atom. The second kappa shape index (κ2) is 11.3. The van der Waals surface area contributed by atoms with Gasteiger partial charge in [-0.2, -0.15) is 0 Å². The first-order valence-electron chi connectivity index (χ1n) is 10.8. The number of carbonyl (C=O) groups is 2. The normalized spacial score (nSPS) is 14.1. The Kier molecular flexibility index (Phi) is 8.52. The van der Waals surface area contributed by atoms with Gasteiger partial charge < -0.3 is 15.1 Å². The van der Waals surface area contributed by atoms with E-state index >= 15 is 0 Å². The summed E-state index contributed by atoms with van der Waals surface area (Å²) in [5.74, 6) is -0.664. The molecule has 3 rings (SSSR count). The standard InChI is InChI=1S/C23H26Cl2N4O4/c1-2-11-28(15-22(30)26-19-14-17(24)7-8-18(19)25)23(31)16-9-12-27(13-10-16)20-5-3-4-6-21(20)29(32)33/h3-8,14,16H,2,9-13,15H2,1H3,(H,26,30). The highest BCUT2D eigenvalue weighted by atomic mass is 35.5. The van der Waals surface area contributed by atoms with Gasteiger partial charge in [0.25, 0.3) is 5.69 Å². The van der Waals surface area contributed by atoms with Crippen LogP contribution in [0.15, 0.2) is 42.5 Å². The number of nitro benzene ring substituents is 1. The monoisotopic (exact) mass is 492 g/mol. The van der Waals surface area contributed by atoms with Gasteiger partial charge in [-0.25, -0.2) is 0 Å². The minimum atomic E-state index is -0.389. The van der Waals surface area contributed by atoms with Crippen molar-refractivity contribution in [2.45, 2.75) is 26.2 Å². The second-order valence-electron chi connectivity index (χ2n) is 7.94. The Balaban J connectivity index is 1.62. The summed E-state index contributed by atoms with van der Waals surface area (Å²) in [4.78, 5) is 40.3. The lowest BCUT2D eigenvalue weighted by molar-refractivity contribution is -0.384. The summed E-state index contributed by atoms with van der Waals surface area (Å²) in [6.45, 7) is 3.39. The molecule has 1 heterocycles. The first kappa shape index (κ1) is 24.8. The molecule has 33 heavy (non-hydrogen) atoms. The number of piperidine rings is 1. The molecule has 1 N–H and O–H groups in total. The quantitative estimate of drug-likeness (QED) is 0.413. The highest BCUT2D eigenvalue weighted by Gasteiger charge is 2.31. The lowest BCUT2D eigenvalue weighted by Crippen LogP contribution is -2.45. The number of nitrogens with one attached hydrogen (secondary N) is 1. The highest BCUT2D eigenvalue weighted by molar-refractivity contribution is 6.35. The third-order valence-electron chi connectivity index (χ3n) is 5.61. The summed E-state index contributed by atoms with van der Waals surface area (Å²) in [5.41, 5.74) is 1.03. The van der Waals surface area contributed by atoms with Crippen LogP contribution in [0.2, 0.25) is 10.0 Å². The second-order valence-corrected chi connectivity index (χ2v) is 8.78. The van der Waals surface area contributed by atoms with E-state index in [1.165, 1.54) is 6.07 Å². The van der Waals surface area contributed by atoms with Gasteiger partial charge in [0.2, 0.25) is 11.8 Å². The van der Waals surface area contributed by atoms with Gasteiger partial charge >= 0.3 is 0 Å². The van der Waals surface area contributed by atoms with Crippen LogP contribution >= 0.6 is 23.2 Å². The van der Waals surface area contributed by atoms with Gasteiger partial charge in [0.1, 0.15) is 5.69 Å². The van der Waals surface area contributed by atoms with Crippen LogP contribution in [-0.4, -0.2) is 47.8 Å². The molecule has 1 aliphatic rings. The number of nitrogens with zero attached hydrogens (tertiary/aromatic N) is 3. The zero-order valence-corrected chi connectivity index (χ0v) is 19.8. The Bertz CT molecular complexity index is 1030. The molecule has 1 saturated heterocycles. The van der Waals surface area contributed by atoms with Crippen molar-refractivity contribution in [2.75, 3.05) is 36.4 Å². The van der Waals surface area contributed by atoms with Crippen LogP contribution in [0.3, 0.4) is 0 Å². The number of hydrogen-bond acceptors (Lipinski definition) is 5. The number of amides is 2. The van der Waals surface area contributed by atoms with Gasteiger partial charge in [0, 0.05) is 36.6 Å². The Morgan fingerprint density at radius 3 is 2.55 bits per heavy atom. The van der Waals surface area contributed by atoms with Crippen LogP contribution in [0.5, 0.6) is 0 Å². The molecule has 2 aromatic rings. The molecular formula is C23H26Cl2N4O4. The molecule has 0 saturated carbocycles. The maximum absolute atomic E-state index is 13.2. The molecular weight excluding hydrogens is 467 g/mol. The topological polar surface area (TPSA) is 95.8 Å². The predicted octanol–water partition coefficient (Wildman–Crippen LogP) is 5.00. The first-order valence-corrected chi connectivity index (χ1v) is 11.6. The fourth-order valence-electron chi connectivity index (χ4n) is 4.00. The molecule has 0 bridgehead atoms. The molecule has 10 heteroatoms. The molecule has 2 aromatic carbocycles. The van der Waals surface area contributed by atoms with Crippen LogP contribution in [0.4, 0.5) is 17.1 Å². The van der Waals surface area contributed by atoms with E-state index < -0.39 is 0 Å². The third-order valence-corrected chi connectivity index (χ3v) is 6.17. The number of anilines is 2. The molecule has 0 aromatic heterocycles. The van der Waals surface area contributed by atoms with Gasteiger partial charge in [0.15, 0.2) is 0 Å². The fraction of sp³-hybridized carbons (Fsp3) is 0.391. The highest BCUT2D eigenvalue weighted by Crippen LogP contribution is 2.32.